The van der Waals surface area contributed by atoms with Crippen LogP contribution in [0.2, 0.25) is 0 Å². The number of carbonyl (C=O) groups excluding carboxylic acids is 2. The third-order valence-corrected chi connectivity index (χ3v) is 5.57. The van der Waals surface area contributed by atoms with E-state index in [0.717, 1.165) is 5.69 Å². The molecule has 29 heavy (non-hydrogen) atoms. The van der Waals surface area contributed by atoms with Crippen molar-refractivity contribution in [3.63, 3.8) is 0 Å². The van der Waals surface area contributed by atoms with Crippen molar-refractivity contribution in [2.24, 2.45) is 0 Å². The van der Waals surface area contributed by atoms with Gasteiger partial charge < -0.3 is 10.1 Å². The Kier molecular flexibility index (Phi) is 6.66. The quantitative estimate of drug-likeness (QED) is 0.446. The van der Waals surface area contributed by atoms with E-state index in [1.54, 1.807) is 42.3 Å². The van der Waals surface area contributed by atoms with Crippen LogP contribution in [0.25, 0.3) is 5.69 Å². The molecule has 1 N–H and O–H groups in total. The molecule has 0 aliphatic carbocycles. The highest BCUT2D eigenvalue weighted by Gasteiger charge is 2.22. The molecule has 1 unspecified atom stereocenters. The predicted octanol–water partition coefficient (Wildman–Crippen LogP) is 3.99. The van der Waals surface area contributed by atoms with Crippen LogP contribution in [0.4, 0.5) is 5.69 Å². The molecule has 3 rings (SSSR count). The van der Waals surface area contributed by atoms with E-state index < -0.39 is 0 Å². The highest BCUT2D eigenvalue weighted by molar-refractivity contribution is 8.00. The van der Waals surface area contributed by atoms with Gasteiger partial charge >= 0.3 is 0 Å². The molecule has 8 heteroatoms. The Morgan fingerprint density at radius 1 is 1.21 bits per heavy atom. The van der Waals surface area contributed by atoms with Gasteiger partial charge in [0.05, 0.1) is 18.0 Å². The van der Waals surface area contributed by atoms with Crippen molar-refractivity contribution in [3.05, 3.63) is 60.4 Å². The van der Waals surface area contributed by atoms with E-state index in [9.17, 15) is 9.59 Å². The van der Waals surface area contributed by atoms with Crippen molar-refractivity contribution < 1.29 is 14.3 Å². The number of nitrogens with zero attached hydrogens (tertiary/aromatic N) is 3. The molecule has 0 saturated carbocycles. The Morgan fingerprint density at radius 3 is 2.62 bits per heavy atom. The summed E-state index contributed by atoms with van der Waals surface area (Å²) in [6.45, 7) is 3.43. The molecule has 1 amide bonds. The molecule has 3 aromatic rings. The van der Waals surface area contributed by atoms with Gasteiger partial charge in [-0.05, 0) is 48.9 Å². The standard InChI is InChI=1S/C21H22N4O3S/c1-4-19(20(27)15-8-10-18(28-3)11-9-15)29-21-24-22-13-25(21)17-7-5-6-16(12-17)23-14(2)26/h5-13,19H,4H2,1-3H3,(H,23,26). The lowest BCUT2D eigenvalue weighted by Crippen LogP contribution is -2.17. The number of aromatic nitrogens is 3. The van der Waals surface area contributed by atoms with Crippen molar-refractivity contribution in [2.45, 2.75) is 30.7 Å². The number of nitrogens with one attached hydrogen (secondary N) is 1. The fraction of sp³-hybridized carbons (Fsp3) is 0.238. The number of anilines is 1. The van der Waals surface area contributed by atoms with Gasteiger partial charge in [0.1, 0.15) is 12.1 Å². The Balaban J connectivity index is 1.82. The third kappa shape index (κ3) is 5.03. The molecule has 0 fully saturated rings. The number of benzene rings is 2. The number of Topliss-reactive ketones (excluding diaryl/α,β-unsaturated/α-hetero) is 1. The maximum Gasteiger partial charge on any atom is 0.221 e. The summed E-state index contributed by atoms with van der Waals surface area (Å²) < 4.78 is 6.96. The van der Waals surface area contributed by atoms with Crippen LogP contribution in [0.15, 0.2) is 60.0 Å². The van der Waals surface area contributed by atoms with E-state index in [4.69, 9.17) is 4.74 Å². The van der Waals surface area contributed by atoms with Crippen LogP contribution in [0.3, 0.4) is 0 Å². The van der Waals surface area contributed by atoms with Gasteiger partial charge in [-0.3, -0.25) is 14.2 Å². The number of hydrogen-bond acceptors (Lipinski definition) is 6. The van der Waals surface area contributed by atoms with Gasteiger partial charge in [-0.25, -0.2) is 0 Å². The number of rotatable bonds is 8. The maximum atomic E-state index is 13.0. The second kappa shape index (κ2) is 9.38. The van der Waals surface area contributed by atoms with Crippen LogP contribution in [-0.4, -0.2) is 38.8 Å². The summed E-state index contributed by atoms with van der Waals surface area (Å²) in [5, 5.41) is 11.3. The van der Waals surface area contributed by atoms with Crippen molar-refractivity contribution in [3.8, 4) is 11.4 Å². The van der Waals surface area contributed by atoms with Crippen LogP contribution < -0.4 is 10.1 Å². The van der Waals surface area contributed by atoms with Crippen LogP contribution in [0, 0.1) is 0 Å². The highest BCUT2D eigenvalue weighted by atomic mass is 32.2. The first-order valence-corrected chi connectivity index (χ1v) is 10.0. The largest absolute Gasteiger partial charge is 0.497 e. The first kappa shape index (κ1) is 20.6. The normalized spacial score (nSPS) is 11.7. The SMILES string of the molecule is CCC(Sc1nncn1-c1cccc(NC(C)=O)c1)C(=O)c1ccc(OC)cc1. The van der Waals surface area contributed by atoms with E-state index in [0.29, 0.717) is 28.6 Å². The zero-order valence-electron chi connectivity index (χ0n) is 16.5. The fourth-order valence-electron chi connectivity index (χ4n) is 2.81. The molecule has 2 aromatic carbocycles. The molecule has 0 aliphatic rings. The van der Waals surface area contributed by atoms with Gasteiger partial charge in [0.2, 0.25) is 5.91 Å². The molecule has 0 bridgehead atoms. The molecular weight excluding hydrogens is 388 g/mol. The number of amides is 1. The van der Waals surface area contributed by atoms with E-state index in [1.807, 2.05) is 31.2 Å². The Morgan fingerprint density at radius 2 is 1.97 bits per heavy atom. The molecule has 7 nitrogen and oxygen atoms in total. The summed E-state index contributed by atoms with van der Waals surface area (Å²) >= 11 is 1.37. The van der Waals surface area contributed by atoms with Crippen molar-refractivity contribution in [1.82, 2.24) is 14.8 Å². The summed E-state index contributed by atoms with van der Waals surface area (Å²) in [5.74, 6) is 0.597. The molecular formula is C21H22N4O3S. The molecule has 1 aromatic heterocycles. The number of hydrogen-bond donors (Lipinski definition) is 1. The molecule has 150 valence electrons. The van der Waals surface area contributed by atoms with E-state index >= 15 is 0 Å². The summed E-state index contributed by atoms with van der Waals surface area (Å²) in [5.41, 5.74) is 2.11. The summed E-state index contributed by atoms with van der Waals surface area (Å²) in [6, 6.07) is 14.5. The van der Waals surface area contributed by atoms with Gasteiger partial charge in [0.15, 0.2) is 10.9 Å². The molecule has 0 spiro atoms. The topological polar surface area (TPSA) is 86.1 Å². The Bertz CT molecular complexity index is 1000. The van der Waals surface area contributed by atoms with Crippen LogP contribution in [0.5, 0.6) is 5.75 Å². The van der Waals surface area contributed by atoms with E-state index in [-0.39, 0.29) is 16.9 Å². The highest BCUT2D eigenvalue weighted by Crippen LogP contribution is 2.29. The molecule has 1 heterocycles. The number of methoxy groups -OCH3 is 1. The number of carbonyl (C=O) groups is 2. The Hall–Kier alpha value is -3.13. The van der Waals surface area contributed by atoms with Gasteiger partial charge in [0.25, 0.3) is 0 Å². The van der Waals surface area contributed by atoms with Gasteiger partial charge in [-0.1, -0.05) is 24.8 Å². The van der Waals surface area contributed by atoms with Crippen molar-refractivity contribution >= 4 is 29.1 Å². The van der Waals surface area contributed by atoms with E-state index in [2.05, 4.69) is 15.5 Å². The minimum atomic E-state index is -0.301. The smallest absolute Gasteiger partial charge is 0.221 e. The third-order valence-electron chi connectivity index (χ3n) is 4.25. The van der Waals surface area contributed by atoms with E-state index in [1.165, 1.54) is 18.7 Å². The first-order valence-electron chi connectivity index (χ1n) is 9.14. The predicted molar refractivity (Wildman–Crippen MR) is 113 cm³/mol. The summed E-state index contributed by atoms with van der Waals surface area (Å²) in [6.07, 6.45) is 2.24. The average molecular weight is 410 g/mol. The van der Waals surface area contributed by atoms with Gasteiger partial charge in [-0.15, -0.1) is 10.2 Å². The second-order valence-electron chi connectivity index (χ2n) is 6.32. The number of ether oxygens (including phenoxy) is 1. The van der Waals surface area contributed by atoms with Crippen molar-refractivity contribution in [1.29, 1.82) is 0 Å². The lowest BCUT2D eigenvalue weighted by molar-refractivity contribution is -0.114. The zero-order chi connectivity index (χ0) is 20.8. The summed E-state index contributed by atoms with van der Waals surface area (Å²) in [4.78, 5) is 24.3. The first-order chi connectivity index (χ1) is 14.0. The second-order valence-corrected chi connectivity index (χ2v) is 7.49. The lowest BCUT2D eigenvalue weighted by Gasteiger charge is -2.14. The van der Waals surface area contributed by atoms with Crippen LogP contribution in [-0.2, 0) is 4.79 Å². The monoisotopic (exact) mass is 410 g/mol. The van der Waals surface area contributed by atoms with Crippen LogP contribution >= 0.6 is 11.8 Å². The van der Waals surface area contributed by atoms with Crippen molar-refractivity contribution in [2.75, 3.05) is 12.4 Å². The molecule has 0 aliphatic heterocycles. The minimum absolute atomic E-state index is 0.0294. The number of thioether (sulfide) groups is 1. The minimum Gasteiger partial charge on any atom is -0.497 e. The lowest BCUT2D eigenvalue weighted by atomic mass is 10.1. The maximum absolute atomic E-state index is 13.0. The Labute approximate surface area is 173 Å². The van der Waals surface area contributed by atoms with Gasteiger partial charge in [0, 0.05) is 18.2 Å². The molecule has 0 saturated heterocycles. The number of ketones is 1. The zero-order valence-corrected chi connectivity index (χ0v) is 17.3. The molecule has 0 radical (unpaired) electrons. The molecule has 1 atom stereocenters. The van der Waals surface area contributed by atoms with Crippen LogP contribution in [0.1, 0.15) is 30.6 Å². The summed E-state index contributed by atoms with van der Waals surface area (Å²) in [7, 11) is 1.59. The van der Waals surface area contributed by atoms with Gasteiger partial charge in [-0.2, -0.15) is 0 Å². The average Bonchev–Trinajstić information content (AvgIpc) is 3.19. The fourth-order valence-corrected chi connectivity index (χ4v) is 3.83.